The summed E-state index contributed by atoms with van der Waals surface area (Å²) in [6.45, 7) is 4.13. The molecule has 3 heteroatoms. The van der Waals surface area contributed by atoms with Gasteiger partial charge in [0, 0.05) is 12.1 Å². The Hall–Kier alpha value is -1.64. The van der Waals surface area contributed by atoms with Crippen LogP contribution >= 0.6 is 0 Å². The van der Waals surface area contributed by atoms with Crippen LogP contribution in [0.25, 0.3) is 0 Å². The van der Waals surface area contributed by atoms with Gasteiger partial charge in [0.05, 0.1) is 5.41 Å². The summed E-state index contributed by atoms with van der Waals surface area (Å²) in [6, 6.07) is 7.42. The van der Waals surface area contributed by atoms with Crippen molar-refractivity contribution in [2.45, 2.75) is 32.1 Å². The zero-order valence-electron chi connectivity index (χ0n) is 10.2. The van der Waals surface area contributed by atoms with E-state index >= 15 is 0 Å². The molecule has 2 rings (SSSR count). The summed E-state index contributed by atoms with van der Waals surface area (Å²) in [7, 11) is 0. The van der Waals surface area contributed by atoms with Crippen LogP contribution in [0.1, 0.15) is 42.6 Å². The normalized spacial score (nSPS) is 16.4. The molecule has 0 atom stereocenters. The molecule has 0 radical (unpaired) electrons. The van der Waals surface area contributed by atoms with E-state index in [0.29, 0.717) is 12.1 Å². The second kappa shape index (κ2) is 4.32. The van der Waals surface area contributed by atoms with Crippen molar-refractivity contribution >= 4 is 11.7 Å². The number of hydrogen-bond donors (Lipinski definition) is 1. The Kier molecular flexibility index (Phi) is 3.01. The Balaban J connectivity index is 2.29. The number of carbonyl (C=O) groups is 2. The minimum atomic E-state index is -0.303. The van der Waals surface area contributed by atoms with Crippen molar-refractivity contribution in [3.05, 3.63) is 35.4 Å². The van der Waals surface area contributed by atoms with Crippen LogP contribution < -0.4 is 5.32 Å². The highest BCUT2D eigenvalue weighted by Crippen LogP contribution is 2.48. The molecule has 1 saturated carbocycles. The van der Waals surface area contributed by atoms with Crippen molar-refractivity contribution in [3.8, 4) is 0 Å². The SMILES string of the molecule is CCNC(=O)c1cccc(C2(C(C)=O)CC2)c1. The molecular formula is C14H17NO2. The summed E-state index contributed by atoms with van der Waals surface area (Å²) in [5.74, 6) is 0.124. The van der Waals surface area contributed by atoms with Gasteiger partial charge in [-0.1, -0.05) is 12.1 Å². The average Bonchev–Trinajstić information content (AvgIpc) is 3.11. The predicted molar refractivity (Wildman–Crippen MR) is 66.0 cm³/mol. The molecule has 0 aromatic heterocycles. The van der Waals surface area contributed by atoms with E-state index in [1.807, 2.05) is 25.1 Å². The fourth-order valence-corrected chi connectivity index (χ4v) is 2.19. The molecule has 0 spiro atoms. The van der Waals surface area contributed by atoms with Crippen molar-refractivity contribution in [2.24, 2.45) is 0 Å². The van der Waals surface area contributed by atoms with Crippen molar-refractivity contribution < 1.29 is 9.59 Å². The quantitative estimate of drug-likeness (QED) is 0.862. The van der Waals surface area contributed by atoms with Crippen molar-refractivity contribution in [3.63, 3.8) is 0 Å². The molecule has 1 aromatic rings. The first-order chi connectivity index (χ1) is 8.10. The Bertz CT molecular complexity index is 461. The fourth-order valence-electron chi connectivity index (χ4n) is 2.19. The van der Waals surface area contributed by atoms with E-state index in [9.17, 15) is 9.59 Å². The van der Waals surface area contributed by atoms with Gasteiger partial charge >= 0.3 is 0 Å². The summed E-state index contributed by atoms with van der Waals surface area (Å²) < 4.78 is 0. The number of carbonyl (C=O) groups excluding carboxylic acids is 2. The molecule has 0 heterocycles. The summed E-state index contributed by atoms with van der Waals surface area (Å²) >= 11 is 0. The van der Waals surface area contributed by atoms with Crippen LogP contribution in [-0.2, 0) is 10.2 Å². The Morgan fingerprint density at radius 2 is 2.06 bits per heavy atom. The molecule has 0 bridgehead atoms. The van der Waals surface area contributed by atoms with Crippen LogP contribution in [0, 0.1) is 0 Å². The van der Waals surface area contributed by atoms with Crippen molar-refractivity contribution in [2.75, 3.05) is 6.54 Å². The van der Waals surface area contributed by atoms with Gasteiger partial charge < -0.3 is 5.32 Å². The lowest BCUT2D eigenvalue weighted by molar-refractivity contribution is -0.119. The van der Waals surface area contributed by atoms with Gasteiger partial charge in [0.2, 0.25) is 0 Å². The minimum Gasteiger partial charge on any atom is -0.352 e. The first kappa shape index (κ1) is 11.8. The number of rotatable bonds is 4. The Morgan fingerprint density at radius 3 is 2.59 bits per heavy atom. The molecule has 0 saturated heterocycles. The molecule has 90 valence electrons. The van der Waals surface area contributed by atoms with E-state index < -0.39 is 0 Å². The number of amides is 1. The van der Waals surface area contributed by atoms with Crippen LogP contribution in [0.4, 0.5) is 0 Å². The molecular weight excluding hydrogens is 214 g/mol. The predicted octanol–water partition coefficient (Wildman–Crippen LogP) is 2.06. The maximum absolute atomic E-state index is 11.7. The lowest BCUT2D eigenvalue weighted by Gasteiger charge is -2.13. The van der Waals surface area contributed by atoms with Crippen LogP contribution in [-0.4, -0.2) is 18.2 Å². The molecule has 0 unspecified atom stereocenters. The first-order valence-corrected chi connectivity index (χ1v) is 6.00. The number of benzene rings is 1. The van der Waals surface area contributed by atoms with E-state index in [2.05, 4.69) is 5.32 Å². The van der Waals surface area contributed by atoms with E-state index in [1.54, 1.807) is 13.0 Å². The molecule has 1 aromatic carbocycles. The smallest absolute Gasteiger partial charge is 0.251 e. The van der Waals surface area contributed by atoms with Gasteiger partial charge in [-0.05, 0) is 44.4 Å². The number of Topliss-reactive ketones (excluding diaryl/α,β-unsaturated/α-hetero) is 1. The molecule has 1 amide bonds. The topological polar surface area (TPSA) is 46.2 Å². The molecule has 3 nitrogen and oxygen atoms in total. The average molecular weight is 231 g/mol. The van der Waals surface area contributed by atoms with Crippen LogP contribution in [0.15, 0.2) is 24.3 Å². The summed E-state index contributed by atoms with van der Waals surface area (Å²) in [5, 5.41) is 2.77. The van der Waals surface area contributed by atoms with Crippen LogP contribution in [0.3, 0.4) is 0 Å². The van der Waals surface area contributed by atoms with Gasteiger partial charge in [-0.25, -0.2) is 0 Å². The van der Waals surface area contributed by atoms with Gasteiger partial charge in [0.25, 0.3) is 5.91 Å². The third-order valence-electron chi connectivity index (χ3n) is 3.44. The van der Waals surface area contributed by atoms with Gasteiger partial charge in [-0.15, -0.1) is 0 Å². The lowest BCUT2D eigenvalue weighted by atomic mass is 9.91. The van der Waals surface area contributed by atoms with E-state index in [4.69, 9.17) is 0 Å². The second-order valence-electron chi connectivity index (χ2n) is 4.58. The Morgan fingerprint density at radius 1 is 1.35 bits per heavy atom. The summed E-state index contributed by atoms with van der Waals surface area (Å²) in [6.07, 6.45) is 1.81. The largest absolute Gasteiger partial charge is 0.352 e. The van der Waals surface area contributed by atoms with Crippen LogP contribution in [0.5, 0.6) is 0 Å². The molecule has 1 aliphatic carbocycles. The van der Waals surface area contributed by atoms with Gasteiger partial charge in [0.1, 0.15) is 5.78 Å². The fraction of sp³-hybridized carbons (Fsp3) is 0.429. The van der Waals surface area contributed by atoms with Gasteiger partial charge in [-0.2, -0.15) is 0 Å². The van der Waals surface area contributed by atoms with E-state index in [0.717, 1.165) is 18.4 Å². The van der Waals surface area contributed by atoms with Crippen LogP contribution in [0.2, 0.25) is 0 Å². The molecule has 0 aliphatic heterocycles. The molecule has 1 fully saturated rings. The maximum Gasteiger partial charge on any atom is 0.251 e. The van der Waals surface area contributed by atoms with Crippen molar-refractivity contribution in [1.29, 1.82) is 0 Å². The van der Waals surface area contributed by atoms with E-state index in [-0.39, 0.29) is 17.1 Å². The highest BCUT2D eigenvalue weighted by Gasteiger charge is 2.48. The number of ketones is 1. The third-order valence-corrected chi connectivity index (χ3v) is 3.44. The highest BCUT2D eigenvalue weighted by atomic mass is 16.1. The molecule has 17 heavy (non-hydrogen) atoms. The standard InChI is InChI=1S/C14H17NO2/c1-3-15-13(17)11-5-4-6-12(9-11)14(7-8-14)10(2)16/h4-6,9H,3,7-8H2,1-2H3,(H,15,17). The van der Waals surface area contributed by atoms with Gasteiger partial charge in [0.15, 0.2) is 0 Å². The lowest BCUT2D eigenvalue weighted by Crippen LogP contribution is -2.23. The molecule has 1 aliphatic rings. The monoisotopic (exact) mass is 231 g/mol. The van der Waals surface area contributed by atoms with Crippen molar-refractivity contribution in [1.82, 2.24) is 5.32 Å². The minimum absolute atomic E-state index is 0.0753. The zero-order valence-corrected chi connectivity index (χ0v) is 10.2. The number of nitrogens with one attached hydrogen (secondary N) is 1. The zero-order chi connectivity index (χ0) is 12.5. The number of hydrogen-bond acceptors (Lipinski definition) is 2. The first-order valence-electron chi connectivity index (χ1n) is 6.00. The maximum atomic E-state index is 11.7. The van der Waals surface area contributed by atoms with E-state index in [1.165, 1.54) is 0 Å². The summed E-state index contributed by atoms with van der Waals surface area (Å²) in [5.41, 5.74) is 1.31. The summed E-state index contributed by atoms with van der Waals surface area (Å²) in [4.78, 5) is 23.4. The second-order valence-corrected chi connectivity index (χ2v) is 4.58. The third kappa shape index (κ3) is 2.09. The molecule has 1 N–H and O–H groups in total. The highest BCUT2D eigenvalue weighted by molar-refractivity contribution is 5.96. The Labute approximate surface area is 101 Å². The van der Waals surface area contributed by atoms with Gasteiger partial charge in [-0.3, -0.25) is 9.59 Å².